The molecule has 2 unspecified atom stereocenters. The van der Waals surface area contributed by atoms with Crippen LogP contribution in [0.25, 0.3) is 0 Å². The van der Waals surface area contributed by atoms with Gasteiger partial charge in [-0.2, -0.15) is 0 Å². The topological polar surface area (TPSA) is 9.23 Å². The summed E-state index contributed by atoms with van der Waals surface area (Å²) in [5.74, 6) is 1.86. The average molecular weight is 376 g/mol. The molecule has 1 nitrogen and oxygen atoms in total. The van der Waals surface area contributed by atoms with Crippen LogP contribution in [0, 0.1) is 0 Å². The summed E-state index contributed by atoms with van der Waals surface area (Å²) in [6.07, 6.45) is 5.69. The lowest BCUT2D eigenvalue weighted by Crippen LogP contribution is -1.97. The summed E-state index contributed by atoms with van der Waals surface area (Å²) in [7, 11) is 2.95. The molecule has 0 spiro atoms. The minimum absolute atomic E-state index is 0.731. The molecule has 0 saturated heterocycles. The second-order valence-corrected chi connectivity index (χ2v) is 8.02. The first-order valence-corrected chi connectivity index (χ1v) is 10.6. The second-order valence-electron chi connectivity index (χ2n) is 7.08. The van der Waals surface area contributed by atoms with Gasteiger partial charge < -0.3 is 4.74 Å². The van der Waals surface area contributed by atoms with Crippen LogP contribution in [0.5, 0.6) is 11.5 Å². The summed E-state index contributed by atoms with van der Waals surface area (Å²) in [6, 6.07) is 27.4. The highest BCUT2D eigenvalue weighted by atomic mass is 31.0. The van der Waals surface area contributed by atoms with Gasteiger partial charge >= 0.3 is 0 Å². The van der Waals surface area contributed by atoms with Crippen molar-refractivity contribution in [3.63, 3.8) is 0 Å². The van der Waals surface area contributed by atoms with E-state index in [0.29, 0.717) is 0 Å². The summed E-state index contributed by atoms with van der Waals surface area (Å²) in [5.41, 5.74) is 4.59. The first kappa shape index (κ1) is 19.6. The van der Waals surface area contributed by atoms with Crippen molar-refractivity contribution in [1.29, 1.82) is 0 Å². The Hall–Kier alpha value is -2.11. The molecular weight excluding hydrogens is 347 g/mol. The first-order valence-electron chi connectivity index (χ1n) is 9.89. The molecule has 0 N–H and O–H groups in total. The van der Waals surface area contributed by atoms with Crippen molar-refractivity contribution in [2.75, 3.05) is 0 Å². The van der Waals surface area contributed by atoms with Crippen LogP contribution in [-0.2, 0) is 12.8 Å². The highest BCUT2D eigenvalue weighted by molar-refractivity contribution is 7.17. The van der Waals surface area contributed by atoms with Crippen LogP contribution in [0.15, 0.2) is 78.9 Å². The fourth-order valence-corrected chi connectivity index (χ4v) is 3.46. The monoisotopic (exact) mass is 376 g/mol. The number of benzene rings is 3. The Morgan fingerprint density at radius 2 is 1.59 bits per heavy atom. The Morgan fingerprint density at radius 1 is 0.852 bits per heavy atom. The maximum absolute atomic E-state index is 6.27. The number of hydrogen-bond acceptors (Lipinski definition) is 1. The Balaban J connectivity index is 1.68. The van der Waals surface area contributed by atoms with E-state index >= 15 is 0 Å². The van der Waals surface area contributed by atoms with Gasteiger partial charge in [0.2, 0.25) is 0 Å². The lowest BCUT2D eigenvalue weighted by molar-refractivity contribution is 0.476. The maximum Gasteiger partial charge on any atom is 0.130 e. The van der Waals surface area contributed by atoms with Gasteiger partial charge in [-0.3, -0.25) is 0 Å². The van der Waals surface area contributed by atoms with Gasteiger partial charge in [0.05, 0.1) is 0 Å². The quantitative estimate of drug-likeness (QED) is 0.364. The van der Waals surface area contributed by atoms with Gasteiger partial charge in [-0.25, -0.2) is 0 Å². The summed E-state index contributed by atoms with van der Waals surface area (Å²) in [6.45, 7) is 2.25. The highest BCUT2D eigenvalue weighted by Gasteiger charge is 2.07. The molecule has 0 bridgehead atoms. The summed E-state index contributed by atoms with van der Waals surface area (Å²) in [4.78, 5) is 0. The van der Waals surface area contributed by atoms with Crippen molar-refractivity contribution in [3.05, 3.63) is 95.6 Å². The Kier molecular flexibility index (Phi) is 7.48. The van der Waals surface area contributed by atoms with Crippen LogP contribution in [0.3, 0.4) is 0 Å². The van der Waals surface area contributed by atoms with E-state index in [2.05, 4.69) is 82.9 Å². The third kappa shape index (κ3) is 6.22. The molecule has 0 aromatic heterocycles. The van der Waals surface area contributed by atoms with E-state index in [1.165, 1.54) is 36.0 Å². The molecule has 0 saturated carbocycles. The van der Waals surface area contributed by atoms with E-state index in [1.807, 2.05) is 12.1 Å². The number of para-hydroxylation sites is 1. The minimum Gasteiger partial charge on any atom is -0.457 e. The van der Waals surface area contributed by atoms with Crippen LogP contribution in [-0.4, -0.2) is 5.66 Å². The van der Waals surface area contributed by atoms with Crippen LogP contribution in [0.1, 0.15) is 42.9 Å². The molecule has 0 fully saturated rings. The Labute approximate surface area is 166 Å². The number of hydrogen-bond donors (Lipinski definition) is 0. The van der Waals surface area contributed by atoms with Crippen molar-refractivity contribution >= 4 is 9.24 Å². The van der Waals surface area contributed by atoms with Gasteiger partial charge in [0, 0.05) is 6.42 Å². The molecule has 0 radical (unpaired) electrons. The zero-order chi connectivity index (χ0) is 18.9. The van der Waals surface area contributed by atoms with Gasteiger partial charge in [-0.05, 0) is 66.2 Å². The van der Waals surface area contributed by atoms with Crippen molar-refractivity contribution in [2.24, 2.45) is 0 Å². The van der Waals surface area contributed by atoms with Crippen LogP contribution in [0.4, 0.5) is 0 Å². The molecule has 0 heterocycles. The molecule has 0 aliphatic heterocycles. The normalized spacial score (nSPS) is 11.9. The molecule has 3 aromatic carbocycles. The first-order chi connectivity index (χ1) is 13.2. The van der Waals surface area contributed by atoms with Gasteiger partial charge in [-0.15, -0.1) is 9.24 Å². The summed E-state index contributed by atoms with van der Waals surface area (Å²) < 4.78 is 6.27. The van der Waals surface area contributed by atoms with E-state index in [9.17, 15) is 0 Å². The molecule has 0 amide bonds. The van der Waals surface area contributed by atoms with E-state index < -0.39 is 0 Å². The average Bonchev–Trinajstić information content (AvgIpc) is 2.70. The predicted octanol–water partition coefficient (Wildman–Crippen LogP) is 7.05. The van der Waals surface area contributed by atoms with Gasteiger partial charge in [0.25, 0.3) is 0 Å². The molecule has 3 aromatic rings. The van der Waals surface area contributed by atoms with Crippen LogP contribution >= 0.6 is 9.24 Å². The van der Waals surface area contributed by atoms with E-state index in [4.69, 9.17) is 4.74 Å². The van der Waals surface area contributed by atoms with Crippen molar-refractivity contribution < 1.29 is 4.74 Å². The summed E-state index contributed by atoms with van der Waals surface area (Å²) in [5, 5.41) is 0. The van der Waals surface area contributed by atoms with Gasteiger partial charge in [-0.1, -0.05) is 67.6 Å². The maximum atomic E-state index is 6.27. The third-order valence-electron chi connectivity index (χ3n) is 4.90. The molecule has 27 heavy (non-hydrogen) atoms. The predicted molar refractivity (Wildman–Crippen MR) is 119 cm³/mol. The van der Waals surface area contributed by atoms with Crippen molar-refractivity contribution in [2.45, 2.75) is 44.7 Å². The second kappa shape index (κ2) is 10.3. The molecule has 2 heteroatoms. The zero-order valence-corrected chi connectivity index (χ0v) is 17.3. The fourth-order valence-electron chi connectivity index (χ4n) is 3.23. The Bertz CT molecular complexity index is 828. The van der Waals surface area contributed by atoms with Crippen LogP contribution in [0.2, 0.25) is 0 Å². The van der Waals surface area contributed by atoms with Crippen molar-refractivity contribution in [3.8, 4) is 11.5 Å². The molecule has 2 atom stereocenters. The standard InChI is InChI=1S/C25H29OP/c1-2-24(27)16-9-13-21-12-8-15-23(19-21)26-25-17-7-6-14-22(25)18-20-10-4-3-5-11-20/h3-8,10-12,14-15,17,19,24H,2,9,13,16,18,27H2,1H3. The molecule has 0 aliphatic carbocycles. The lowest BCUT2D eigenvalue weighted by Gasteiger charge is -2.13. The fraction of sp³-hybridized carbons (Fsp3) is 0.280. The lowest BCUT2D eigenvalue weighted by atomic mass is 10.0. The summed E-state index contributed by atoms with van der Waals surface area (Å²) >= 11 is 0. The highest BCUT2D eigenvalue weighted by Crippen LogP contribution is 2.28. The van der Waals surface area contributed by atoms with E-state index in [-0.39, 0.29) is 0 Å². The number of aryl methyl sites for hydroxylation is 1. The minimum atomic E-state index is 0.731. The number of rotatable bonds is 9. The van der Waals surface area contributed by atoms with E-state index in [1.54, 1.807) is 0 Å². The number of ether oxygens (including phenoxy) is 1. The molecule has 3 rings (SSSR count). The van der Waals surface area contributed by atoms with Crippen molar-refractivity contribution in [1.82, 2.24) is 0 Å². The molecular formula is C25H29OP. The largest absolute Gasteiger partial charge is 0.457 e. The Morgan fingerprint density at radius 3 is 2.41 bits per heavy atom. The van der Waals surface area contributed by atoms with Crippen LogP contribution < -0.4 is 4.74 Å². The smallest absolute Gasteiger partial charge is 0.130 e. The SMILES string of the molecule is CCC(P)CCCc1cccc(Oc2ccccc2Cc2ccccc2)c1. The molecule has 0 aliphatic rings. The molecule has 140 valence electrons. The third-order valence-corrected chi connectivity index (χ3v) is 5.71. The zero-order valence-electron chi connectivity index (χ0n) is 16.1. The van der Waals surface area contributed by atoms with Gasteiger partial charge in [0.15, 0.2) is 0 Å². The van der Waals surface area contributed by atoms with Gasteiger partial charge in [0.1, 0.15) is 11.5 Å². The van der Waals surface area contributed by atoms with E-state index in [0.717, 1.165) is 30.0 Å².